The molecule has 2 N–H and O–H groups in total. The Hall–Kier alpha value is -3.61. The van der Waals surface area contributed by atoms with Crippen LogP contribution in [0, 0.1) is 0 Å². The topological polar surface area (TPSA) is 79.4 Å². The van der Waals surface area contributed by atoms with Crippen molar-refractivity contribution in [2.75, 3.05) is 35.2 Å². The van der Waals surface area contributed by atoms with Gasteiger partial charge in [-0.2, -0.15) is 0 Å². The van der Waals surface area contributed by atoms with Crippen LogP contribution in [-0.4, -0.2) is 35.9 Å². The van der Waals surface area contributed by atoms with Crippen LogP contribution in [-0.2, 0) is 0 Å². The van der Waals surface area contributed by atoms with Gasteiger partial charge in [0.15, 0.2) is 5.82 Å². The van der Waals surface area contributed by atoms with Crippen LogP contribution in [0.1, 0.15) is 32.6 Å². The number of amides is 2. The van der Waals surface area contributed by atoms with Crippen LogP contribution in [0.4, 0.5) is 22.0 Å². The van der Waals surface area contributed by atoms with Crippen molar-refractivity contribution in [3.8, 4) is 17.0 Å². The Kier molecular flexibility index (Phi) is 7.17. The summed E-state index contributed by atoms with van der Waals surface area (Å²) in [6.07, 6.45) is 5.01. The Morgan fingerprint density at radius 1 is 0.844 bits per heavy atom. The summed E-state index contributed by atoms with van der Waals surface area (Å²) in [5, 5.41) is 14.5. The second kappa shape index (κ2) is 10.6. The van der Waals surface area contributed by atoms with Gasteiger partial charge >= 0.3 is 6.03 Å². The van der Waals surface area contributed by atoms with E-state index < -0.39 is 0 Å². The quantitative estimate of drug-likeness (QED) is 0.534. The van der Waals surface area contributed by atoms with Crippen LogP contribution in [0.2, 0.25) is 0 Å². The zero-order valence-electron chi connectivity index (χ0n) is 18.4. The number of ether oxygens (including phenoxy) is 1. The highest BCUT2D eigenvalue weighted by molar-refractivity contribution is 5.99. The second-order valence-electron chi connectivity index (χ2n) is 7.79. The van der Waals surface area contributed by atoms with Gasteiger partial charge in [-0.05, 0) is 68.3 Å². The van der Waals surface area contributed by atoms with Crippen molar-refractivity contribution in [2.45, 2.75) is 32.6 Å². The van der Waals surface area contributed by atoms with Crippen LogP contribution >= 0.6 is 0 Å². The number of nitrogens with zero attached hydrogens (tertiary/aromatic N) is 3. The van der Waals surface area contributed by atoms with E-state index in [0.29, 0.717) is 18.0 Å². The van der Waals surface area contributed by atoms with Gasteiger partial charge in [0.05, 0.1) is 12.3 Å². The summed E-state index contributed by atoms with van der Waals surface area (Å²) in [4.78, 5) is 14.6. The van der Waals surface area contributed by atoms with Crippen LogP contribution in [0.3, 0.4) is 0 Å². The molecule has 0 radical (unpaired) electrons. The van der Waals surface area contributed by atoms with E-state index >= 15 is 0 Å². The molecular weight excluding hydrogens is 402 g/mol. The smallest absolute Gasteiger partial charge is 0.323 e. The highest BCUT2D eigenvalue weighted by Crippen LogP contribution is 2.22. The van der Waals surface area contributed by atoms with Gasteiger partial charge in [-0.25, -0.2) is 4.79 Å². The molecule has 3 aromatic rings. The number of rotatable bonds is 6. The van der Waals surface area contributed by atoms with E-state index in [1.807, 2.05) is 67.6 Å². The zero-order chi connectivity index (χ0) is 22.2. The minimum atomic E-state index is -0.302. The molecule has 1 aliphatic rings. The summed E-state index contributed by atoms with van der Waals surface area (Å²) in [6, 6.07) is 18.6. The molecule has 0 spiro atoms. The lowest BCUT2D eigenvalue weighted by molar-refractivity contribution is 0.262. The fraction of sp³-hybridized carbons (Fsp3) is 0.320. The molecule has 0 unspecified atom stereocenters. The number of urea groups is 1. The molecule has 2 heterocycles. The fourth-order valence-corrected chi connectivity index (χ4v) is 3.77. The standard InChI is InChI=1S/C25H29N5O2/c1-2-32-22-13-11-21(12-14-22)27-25(31)26-20-9-7-19(8-10-20)23-15-16-24(29-28-23)30-17-5-3-4-6-18-30/h7-16H,2-6,17-18H2,1H3,(H2,26,27,31). The SMILES string of the molecule is CCOc1ccc(NC(=O)Nc2ccc(-c3ccc(N4CCCCCC4)nn3)cc2)cc1. The lowest BCUT2D eigenvalue weighted by Crippen LogP contribution is -2.25. The molecule has 0 saturated carbocycles. The Labute approximate surface area is 188 Å². The molecule has 0 bridgehead atoms. The number of benzene rings is 2. The number of nitrogens with one attached hydrogen (secondary N) is 2. The molecule has 7 heteroatoms. The van der Waals surface area contributed by atoms with Gasteiger partial charge in [-0.3, -0.25) is 0 Å². The summed E-state index contributed by atoms with van der Waals surface area (Å²) in [5.74, 6) is 1.72. The van der Waals surface area contributed by atoms with Crippen LogP contribution in [0.25, 0.3) is 11.3 Å². The number of carbonyl (C=O) groups is 1. The van der Waals surface area contributed by atoms with Gasteiger partial charge in [-0.15, -0.1) is 10.2 Å². The van der Waals surface area contributed by atoms with Gasteiger partial charge in [-0.1, -0.05) is 25.0 Å². The van der Waals surface area contributed by atoms with Crippen molar-refractivity contribution in [3.63, 3.8) is 0 Å². The van der Waals surface area contributed by atoms with Gasteiger partial charge in [0.2, 0.25) is 0 Å². The average Bonchev–Trinajstić information content (AvgIpc) is 3.11. The van der Waals surface area contributed by atoms with Crippen molar-refractivity contribution >= 4 is 23.2 Å². The molecule has 7 nitrogen and oxygen atoms in total. The summed E-state index contributed by atoms with van der Waals surface area (Å²) in [5.41, 5.74) is 3.17. The fourth-order valence-electron chi connectivity index (χ4n) is 3.77. The second-order valence-corrected chi connectivity index (χ2v) is 7.79. The zero-order valence-corrected chi connectivity index (χ0v) is 18.4. The third kappa shape index (κ3) is 5.75. The largest absolute Gasteiger partial charge is 0.494 e. The average molecular weight is 432 g/mol. The minimum Gasteiger partial charge on any atom is -0.494 e. The molecular formula is C25H29N5O2. The molecule has 2 amide bonds. The van der Waals surface area contributed by atoms with Gasteiger partial charge in [0, 0.05) is 30.0 Å². The number of anilines is 3. The molecule has 32 heavy (non-hydrogen) atoms. The maximum atomic E-state index is 12.3. The molecule has 1 aromatic heterocycles. The summed E-state index contributed by atoms with van der Waals surface area (Å²) < 4.78 is 5.41. The molecule has 2 aromatic carbocycles. The number of hydrogen-bond donors (Lipinski definition) is 2. The maximum absolute atomic E-state index is 12.3. The van der Waals surface area contributed by atoms with Gasteiger partial charge < -0.3 is 20.3 Å². The Bertz CT molecular complexity index is 996. The molecule has 0 aliphatic carbocycles. The molecule has 0 atom stereocenters. The maximum Gasteiger partial charge on any atom is 0.323 e. The molecule has 166 valence electrons. The van der Waals surface area contributed by atoms with Gasteiger partial charge in [0.1, 0.15) is 5.75 Å². The molecule has 1 aliphatic heterocycles. The third-order valence-electron chi connectivity index (χ3n) is 5.44. The summed E-state index contributed by atoms with van der Waals surface area (Å²) in [6.45, 7) is 4.64. The lowest BCUT2D eigenvalue weighted by Gasteiger charge is -2.20. The first-order valence-electron chi connectivity index (χ1n) is 11.2. The van der Waals surface area contributed by atoms with E-state index in [9.17, 15) is 4.79 Å². The van der Waals surface area contributed by atoms with E-state index in [0.717, 1.165) is 35.9 Å². The lowest BCUT2D eigenvalue weighted by atomic mass is 10.1. The normalized spacial score (nSPS) is 13.8. The minimum absolute atomic E-state index is 0.302. The molecule has 1 fully saturated rings. The first kappa shape index (κ1) is 21.6. The Balaban J connectivity index is 1.33. The monoisotopic (exact) mass is 431 g/mol. The van der Waals surface area contributed by atoms with Crippen molar-refractivity contribution in [3.05, 3.63) is 60.7 Å². The van der Waals surface area contributed by atoms with Crippen molar-refractivity contribution in [1.82, 2.24) is 10.2 Å². The first-order chi connectivity index (χ1) is 15.7. The van der Waals surface area contributed by atoms with Crippen LogP contribution in [0.15, 0.2) is 60.7 Å². The Morgan fingerprint density at radius 2 is 1.47 bits per heavy atom. The van der Waals surface area contributed by atoms with E-state index in [2.05, 4.69) is 25.7 Å². The first-order valence-corrected chi connectivity index (χ1v) is 11.2. The molecule has 1 saturated heterocycles. The van der Waals surface area contributed by atoms with Crippen LogP contribution < -0.4 is 20.3 Å². The van der Waals surface area contributed by atoms with Gasteiger partial charge in [0.25, 0.3) is 0 Å². The summed E-state index contributed by atoms with van der Waals surface area (Å²) in [7, 11) is 0. The molecule has 4 rings (SSSR count). The third-order valence-corrected chi connectivity index (χ3v) is 5.44. The number of hydrogen-bond acceptors (Lipinski definition) is 5. The Morgan fingerprint density at radius 3 is 2.03 bits per heavy atom. The van der Waals surface area contributed by atoms with Crippen molar-refractivity contribution in [1.29, 1.82) is 0 Å². The summed E-state index contributed by atoms with van der Waals surface area (Å²) >= 11 is 0. The predicted octanol–water partition coefficient (Wildman–Crippen LogP) is 5.57. The number of carbonyl (C=O) groups excluding carboxylic acids is 1. The van der Waals surface area contributed by atoms with E-state index in [-0.39, 0.29) is 6.03 Å². The predicted molar refractivity (Wildman–Crippen MR) is 128 cm³/mol. The highest BCUT2D eigenvalue weighted by atomic mass is 16.5. The van der Waals surface area contributed by atoms with E-state index in [4.69, 9.17) is 4.74 Å². The van der Waals surface area contributed by atoms with E-state index in [1.54, 1.807) is 0 Å². The van der Waals surface area contributed by atoms with Crippen molar-refractivity contribution in [2.24, 2.45) is 0 Å². The van der Waals surface area contributed by atoms with E-state index in [1.165, 1.54) is 25.7 Å². The van der Waals surface area contributed by atoms with Crippen LogP contribution in [0.5, 0.6) is 5.75 Å². The highest BCUT2D eigenvalue weighted by Gasteiger charge is 2.12. The van der Waals surface area contributed by atoms with Crippen molar-refractivity contribution < 1.29 is 9.53 Å². The number of aromatic nitrogens is 2.